The fourth-order valence-electron chi connectivity index (χ4n) is 2.37. The molecule has 1 aromatic heterocycles. The van der Waals surface area contributed by atoms with E-state index in [1.54, 1.807) is 20.1 Å². The van der Waals surface area contributed by atoms with Crippen LogP contribution in [-0.2, 0) is 9.53 Å². The van der Waals surface area contributed by atoms with E-state index in [0.717, 1.165) is 10.1 Å². The summed E-state index contributed by atoms with van der Waals surface area (Å²) in [5, 5.41) is 9.74. The lowest BCUT2D eigenvalue weighted by Crippen LogP contribution is -2.16. The van der Waals surface area contributed by atoms with E-state index < -0.39 is 11.9 Å². The highest BCUT2D eigenvalue weighted by Gasteiger charge is 2.20. The molecule has 1 N–H and O–H groups in total. The van der Waals surface area contributed by atoms with Crippen LogP contribution in [-0.4, -0.2) is 44.3 Å². The Bertz CT molecular complexity index is 751. The third kappa shape index (κ3) is 4.70. The number of aliphatic hydroxyl groups excluding tert-OH is 1. The molecule has 0 saturated heterocycles. The first kappa shape index (κ1) is 19.2. The van der Waals surface area contributed by atoms with E-state index in [1.807, 2.05) is 12.1 Å². The highest BCUT2D eigenvalue weighted by Crippen LogP contribution is 2.37. The fourth-order valence-corrected chi connectivity index (χ4v) is 3.39. The standard InChI is InChI=1S/C18H22O6S/c1-11(18(21)23-3)7-13(20)17-9-12-8-14(22-2)15(10-16(12)25-17)24-6-4-5-19/h8-11,19H,4-7H2,1-3H3. The van der Waals surface area contributed by atoms with Crippen LogP contribution >= 0.6 is 11.3 Å². The second kappa shape index (κ2) is 8.82. The minimum atomic E-state index is -0.477. The van der Waals surface area contributed by atoms with Crippen molar-refractivity contribution in [3.05, 3.63) is 23.1 Å². The summed E-state index contributed by atoms with van der Waals surface area (Å²) in [5.41, 5.74) is 0. The van der Waals surface area contributed by atoms with E-state index in [4.69, 9.17) is 14.6 Å². The maximum absolute atomic E-state index is 12.4. The number of hydrogen-bond donors (Lipinski definition) is 1. The van der Waals surface area contributed by atoms with E-state index in [9.17, 15) is 9.59 Å². The van der Waals surface area contributed by atoms with Gasteiger partial charge in [0.25, 0.3) is 0 Å². The second-order valence-electron chi connectivity index (χ2n) is 5.63. The van der Waals surface area contributed by atoms with Gasteiger partial charge in [0, 0.05) is 30.2 Å². The van der Waals surface area contributed by atoms with Gasteiger partial charge in [-0.2, -0.15) is 0 Å². The van der Waals surface area contributed by atoms with Crippen LogP contribution in [0.15, 0.2) is 18.2 Å². The molecule has 0 fully saturated rings. The first-order valence-electron chi connectivity index (χ1n) is 7.96. The van der Waals surface area contributed by atoms with Crippen molar-refractivity contribution < 1.29 is 28.9 Å². The van der Waals surface area contributed by atoms with Crippen LogP contribution in [0.25, 0.3) is 10.1 Å². The minimum absolute atomic E-state index is 0.0561. The quantitative estimate of drug-likeness (QED) is 0.417. The molecular formula is C18H22O6S. The number of thiophene rings is 1. The summed E-state index contributed by atoms with van der Waals surface area (Å²) < 4.78 is 16.5. The maximum Gasteiger partial charge on any atom is 0.308 e. The third-order valence-electron chi connectivity index (χ3n) is 3.73. The molecule has 0 amide bonds. The number of fused-ring (bicyclic) bond motifs is 1. The van der Waals surface area contributed by atoms with Crippen LogP contribution in [0.1, 0.15) is 29.4 Å². The van der Waals surface area contributed by atoms with Crippen molar-refractivity contribution in [2.45, 2.75) is 19.8 Å². The van der Waals surface area contributed by atoms with Gasteiger partial charge in [-0.3, -0.25) is 9.59 Å². The molecule has 0 bridgehead atoms. The highest BCUT2D eigenvalue weighted by molar-refractivity contribution is 7.20. The first-order chi connectivity index (χ1) is 12.0. The van der Waals surface area contributed by atoms with E-state index >= 15 is 0 Å². The average molecular weight is 366 g/mol. The fraction of sp³-hybridized carbons (Fsp3) is 0.444. The number of Topliss-reactive ketones (excluding diaryl/α,β-unsaturated/α-hetero) is 1. The third-order valence-corrected chi connectivity index (χ3v) is 4.87. The van der Waals surface area contributed by atoms with Crippen LogP contribution in [0.4, 0.5) is 0 Å². The molecule has 1 aromatic carbocycles. The van der Waals surface area contributed by atoms with Crippen molar-refractivity contribution >= 4 is 33.2 Å². The summed E-state index contributed by atoms with van der Waals surface area (Å²) in [5.74, 6) is 0.184. The number of esters is 1. The molecule has 0 radical (unpaired) electrons. The van der Waals surface area contributed by atoms with Crippen molar-refractivity contribution in [1.29, 1.82) is 0 Å². The Kier molecular flexibility index (Phi) is 6.78. The maximum atomic E-state index is 12.4. The second-order valence-corrected chi connectivity index (χ2v) is 6.71. The van der Waals surface area contributed by atoms with Crippen molar-refractivity contribution in [2.75, 3.05) is 27.4 Å². The van der Waals surface area contributed by atoms with E-state index in [1.165, 1.54) is 18.4 Å². The molecule has 2 rings (SSSR count). The summed E-state index contributed by atoms with van der Waals surface area (Å²) in [4.78, 5) is 24.5. The van der Waals surface area contributed by atoms with Gasteiger partial charge in [0.15, 0.2) is 17.3 Å². The SMILES string of the molecule is COC(=O)C(C)CC(=O)c1cc2cc(OC)c(OCCCO)cc2s1. The lowest BCUT2D eigenvalue weighted by Gasteiger charge is -2.10. The van der Waals surface area contributed by atoms with Crippen molar-refractivity contribution in [2.24, 2.45) is 5.92 Å². The molecule has 0 aliphatic carbocycles. The topological polar surface area (TPSA) is 82.1 Å². The van der Waals surface area contributed by atoms with E-state index in [-0.39, 0.29) is 18.8 Å². The van der Waals surface area contributed by atoms with Crippen molar-refractivity contribution in [3.8, 4) is 11.5 Å². The normalized spacial score (nSPS) is 12.0. The average Bonchev–Trinajstić information content (AvgIpc) is 3.03. The van der Waals surface area contributed by atoms with Gasteiger partial charge in [0.2, 0.25) is 0 Å². The summed E-state index contributed by atoms with van der Waals surface area (Å²) in [6.45, 7) is 2.11. The largest absolute Gasteiger partial charge is 0.493 e. The van der Waals surface area contributed by atoms with Crippen LogP contribution in [0.3, 0.4) is 0 Å². The molecule has 7 heteroatoms. The number of rotatable bonds is 9. The Morgan fingerprint density at radius 3 is 2.60 bits per heavy atom. The number of ketones is 1. The van der Waals surface area contributed by atoms with Gasteiger partial charge >= 0.3 is 5.97 Å². The van der Waals surface area contributed by atoms with Gasteiger partial charge in [0.05, 0.1) is 31.6 Å². The van der Waals surface area contributed by atoms with Crippen molar-refractivity contribution in [1.82, 2.24) is 0 Å². The van der Waals surface area contributed by atoms with Gasteiger partial charge in [-0.1, -0.05) is 6.92 Å². The number of carbonyl (C=O) groups is 2. The smallest absolute Gasteiger partial charge is 0.308 e. The Morgan fingerprint density at radius 2 is 1.96 bits per heavy atom. The van der Waals surface area contributed by atoms with Crippen LogP contribution in [0.2, 0.25) is 0 Å². The van der Waals surface area contributed by atoms with E-state index in [0.29, 0.717) is 29.4 Å². The molecule has 0 aliphatic heterocycles. The molecule has 1 atom stereocenters. The van der Waals surface area contributed by atoms with Gasteiger partial charge in [0.1, 0.15) is 0 Å². The molecule has 0 spiro atoms. The van der Waals surface area contributed by atoms with Gasteiger partial charge in [-0.15, -0.1) is 11.3 Å². The predicted octanol–water partition coefficient (Wildman–Crippen LogP) is 3.05. The van der Waals surface area contributed by atoms with Crippen LogP contribution < -0.4 is 9.47 Å². The first-order valence-corrected chi connectivity index (χ1v) is 8.78. The van der Waals surface area contributed by atoms with Crippen LogP contribution in [0.5, 0.6) is 11.5 Å². The molecule has 1 unspecified atom stereocenters. The van der Waals surface area contributed by atoms with Crippen molar-refractivity contribution in [3.63, 3.8) is 0 Å². The van der Waals surface area contributed by atoms with Gasteiger partial charge in [-0.25, -0.2) is 0 Å². The zero-order chi connectivity index (χ0) is 18.4. The number of benzene rings is 1. The Labute approximate surface area is 150 Å². The summed E-state index contributed by atoms with van der Waals surface area (Å²) in [7, 11) is 2.86. The number of hydrogen-bond acceptors (Lipinski definition) is 7. The number of ether oxygens (including phenoxy) is 3. The predicted molar refractivity (Wildman–Crippen MR) is 95.7 cm³/mol. The van der Waals surface area contributed by atoms with Gasteiger partial charge in [-0.05, 0) is 17.5 Å². The number of carbonyl (C=O) groups excluding carboxylic acids is 2. The molecular weight excluding hydrogens is 344 g/mol. The zero-order valence-electron chi connectivity index (χ0n) is 14.5. The summed E-state index contributed by atoms with van der Waals surface area (Å²) >= 11 is 1.35. The Balaban J connectivity index is 2.23. The summed E-state index contributed by atoms with van der Waals surface area (Å²) in [6.07, 6.45) is 0.636. The van der Waals surface area contributed by atoms with Gasteiger partial charge < -0.3 is 19.3 Å². The summed E-state index contributed by atoms with van der Waals surface area (Å²) in [6, 6.07) is 5.45. The Morgan fingerprint density at radius 1 is 1.20 bits per heavy atom. The molecule has 136 valence electrons. The number of methoxy groups -OCH3 is 2. The lowest BCUT2D eigenvalue weighted by molar-refractivity contribution is -0.144. The lowest BCUT2D eigenvalue weighted by atomic mass is 10.0. The molecule has 0 aliphatic rings. The molecule has 2 aromatic rings. The number of aliphatic hydroxyl groups is 1. The Hall–Kier alpha value is -2.12. The monoisotopic (exact) mass is 366 g/mol. The van der Waals surface area contributed by atoms with E-state index in [2.05, 4.69) is 4.74 Å². The highest BCUT2D eigenvalue weighted by atomic mass is 32.1. The molecule has 0 saturated carbocycles. The molecule has 1 heterocycles. The molecule has 6 nitrogen and oxygen atoms in total. The van der Waals surface area contributed by atoms with Crippen LogP contribution in [0, 0.1) is 5.92 Å². The minimum Gasteiger partial charge on any atom is -0.493 e. The zero-order valence-corrected chi connectivity index (χ0v) is 15.4. The molecule has 25 heavy (non-hydrogen) atoms.